The van der Waals surface area contributed by atoms with Gasteiger partial charge >= 0.3 is 12.0 Å². The average Bonchev–Trinajstić information content (AvgIpc) is 2.55. The molecule has 2 rings (SSSR count). The van der Waals surface area contributed by atoms with Gasteiger partial charge in [0.15, 0.2) is 11.2 Å². The van der Waals surface area contributed by atoms with Gasteiger partial charge in [-0.25, -0.2) is 9.78 Å². The maximum Gasteiger partial charge on any atom is 0.495 e. The topological polar surface area (TPSA) is 61.8 Å². The van der Waals surface area contributed by atoms with Gasteiger partial charge in [0.1, 0.15) is 0 Å². The van der Waals surface area contributed by atoms with Gasteiger partial charge in [0.2, 0.25) is 0 Å². The number of aryl methyl sites for hydroxylation is 2. The minimum absolute atomic E-state index is 0.0806. The van der Waals surface area contributed by atoms with Crippen LogP contribution in [-0.2, 0) is 20.4 Å². The van der Waals surface area contributed by atoms with Crippen LogP contribution < -0.4 is 11.2 Å². The number of aromatic nitrogens is 4. The number of hydrogen-bond acceptors (Lipinski definition) is 3. The second-order valence-electron chi connectivity index (χ2n) is 3.48. The summed E-state index contributed by atoms with van der Waals surface area (Å²) in [4.78, 5) is 26.7. The van der Waals surface area contributed by atoms with Crippen molar-refractivity contribution >= 4 is 11.2 Å². The highest BCUT2D eigenvalue weighted by Crippen LogP contribution is 2.18. The highest BCUT2D eigenvalue weighted by Gasteiger charge is 2.36. The Morgan fingerprint density at radius 3 is 2.35 bits per heavy atom. The van der Waals surface area contributed by atoms with Crippen molar-refractivity contribution in [2.24, 2.45) is 14.1 Å². The summed E-state index contributed by atoms with van der Waals surface area (Å²) in [7, 11) is 2.50. The zero-order valence-electron chi connectivity index (χ0n) is 8.82. The molecule has 2 heterocycles. The van der Waals surface area contributed by atoms with E-state index in [2.05, 4.69) is 4.98 Å². The molecule has 0 aliphatic carbocycles. The van der Waals surface area contributed by atoms with Crippen LogP contribution in [0.25, 0.3) is 11.2 Å². The molecule has 0 amide bonds. The van der Waals surface area contributed by atoms with Crippen molar-refractivity contribution in [1.29, 1.82) is 0 Å². The van der Waals surface area contributed by atoms with E-state index >= 15 is 0 Å². The lowest BCUT2D eigenvalue weighted by atomic mass is 10.5. The molecule has 6 nitrogen and oxygen atoms in total. The Hall–Kier alpha value is -2.06. The molecule has 0 aliphatic rings. The molecule has 9 heteroatoms. The summed E-state index contributed by atoms with van der Waals surface area (Å²) in [6.45, 7) is 0. The van der Waals surface area contributed by atoms with E-state index in [-0.39, 0.29) is 11.2 Å². The van der Waals surface area contributed by atoms with E-state index in [1.165, 1.54) is 13.4 Å². The summed E-state index contributed by atoms with van der Waals surface area (Å²) in [6, 6.07) is 0. The van der Waals surface area contributed by atoms with Crippen molar-refractivity contribution < 1.29 is 13.2 Å². The Balaban J connectivity index is 3.12. The first-order valence-electron chi connectivity index (χ1n) is 4.45. The summed E-state index contributed by atoms with van der Waals surface area (Å²) >= 11 is 0. The molecule has 2 aromatic rings. The third kappa shape index (κ3) is 1.46. The predicted molar refractivity (Wildman–Crippen MR) is 51.5 cm³/mol. The fourth-order valence-corrected chi connectivity index (χ4v) is 1.57. The van der Waals surface area contributed by atoms with E-state index in [1.807, 2.05) is 0 Å². The van der Waals surface area contributed by atoms with Gasteiger partial charge in [-0.2, -0.15) is 4.57 Å². The number of fused-ring (bicyclic) bond motifs is 1. The van der Waals surface area contributed by atoms with Crippen molar-refractivity contribution in [1.82, 2.24) is 18.7 Å². The van der Waals surface area contributed by atoms with Gasteiger partial charge < -0.3 is 4.57 Å². The molecule has 2 aromatic heterocycles. The van der Waals surface area contributed by atoms with Gasteiger partial charge in [0.25, 0.3) is 5.56 Å². The van der Waals surface area contributed by atoms with Gasteiger partial charge in [-0.05, 0) is 0 Å². The molecule has 0 aromatic carbocycles. The molecule has 92 valence electrons. The minimum atomic E-state index is -5.05. The first-order valence-corrected chi connectivity index (χ1v) is 4.45. The SMILES string of the molecule is Cn1cnc2c1c(=O)n(C(F)(F)F)c(=O)n2C. The largest absolute Gasteiger partial charge is 0.495 e. The van der Waals surface area contributed by atoms with E-state index in [0.717, 1.165) is 11.6 Å². The summed E-state index contributed by atoms with van der Waals surface area (Å²) in [6.07, 6.45) is -3.88. The Kier molecular flexibility index (Phi) is 2.16. The van der Waals surface area contributed by atoms with Gasteiger partial charge in [-0.3, -0.25) is 9.36 Å². The predicted octanol–water partition coefficient (Wildman–Crippen LogP) is -0.0900. The molecule has 0 aliphatic heterocycles. The van der Waals surface area contributed by atoms with Crippen LogP contribution in [0.4, 0.5) is 13.2 Å². The molecule has 0 spiro atoms. The monoisotopic (exact) mass is 248 g/mol. The fourth-order valence-electron chi connectivity index (χ4n) is 1.57. The van der Waals surface area contributed by atoms with Crippen molar-refractivity contribution in [2.45, 2.75) is 6.30 Å². The molecular weight excluding hydrogens is 241 g/mol. The summed E-state index contributed by atoms with van der Waals surface area (Å²) in [5.74, 6) is 0. The number of imidazole rings is 1. The molecule has 0 saturated carbocycles. The van der Waals surface area contributed by atoms with Gasteiger partial charge in [-0.15, -0.1) is 13.2 Å². The lowest BCUT2D eigenvalue weighted by Gasteiger charge is -2.10. The van der Waals surface area contributed by atoms with E-state index in [1.54, 1.807) is 0 Å². The van der Waals surface area contributed by atoms with Crippen molar-refractivity contribution in [3.8, 4) is 0 Å². The summed E-state index contributed by atoms with van der Waals surface area (Å²) in [5.41, 5.74) is -3.24. The molecule has 0 bridgehead atoms. The molecule has 17 heavy (non-hydrogen) atoms. The standard InChI is InChI=1S/C8H7F3N4O2/c1-13-3-12-5-4(13)6(16)15(8(9,10)11)7(17)14(5)2/h3H,1-2H3. The van der Waals surface area contributed by atoms with Crippen molar-refractivity contribution in [3.05, 3.63) is 27.2 Å². The lowest BCUT2D eigenvalue weighted by molar-refractivity contribution is -0.209. The van der Waals surface area contributed by atoms with Gasteiger partial charge in [0.05, 0.1) is 6.33 Å². The highest BCUT2D eigenvalue weighted by molar-refractivity contribution is 5.69. The third-order valence-electron chi connectivity index (χ3n) is 2.37. The first-order chi connectivity index (χ1) is 7.75. The Morgan fingerprint density at radius 1 is 1.24 bits per heavy atom. The first kappa shape index (κ1) is 11.4. The smallest absolute Gasteiger partial charge is 0.328 e. The molecule has 0 saturated heterocycles. The molecule has 0 unspecified atom stereocenters. The minimum Gasteiger partial charge on any atom is -0.328 e. The summed E-state index contributed by atoms with van der Waals surface area (Å²) < 4.78 is 38.8. The Bertz CT molecular complexity index is 706. The maximum absolute atomic E-state index is 12.6. The van der Waals surface area contributed by atoms with Crippen molar-refractivity contribution in [2.75, 3.05) is 0 Å². The van der Waals surface area contributed by atoms with E-state index < -0.39 is 22.1 Å². The van der Waals surface area contributed by atoms with Crippen LogP contribution in [-0.4, -0.2) is 18.7 Å². The quantitative estimate of drug-likeness (QED) is 0.654. The van der Waals surface area contributed by atoms with Gasteiger partial charge in [-0.1, -0.05) is 0 Å². The number of nitrogens with zero attached hydrogens (tertiary/aromatic N) is 4. The van der Waals surface area contributed by atoms with Crippen LogP contribution >= 0.6 is 0 Å². The zero-order chi connectivity index (χ0) is 13.0. The molecule has 0 N–H and O–H groups in total. The maximum atomic E-state index is 12.6. The second kappa shape index (κ2) is 3.22. The second-order valence-corrected chi connectivity index (χ2v) is 3.48. The van der Waals surface area contributed by atoms with Crippen molar-refractivity contribution in [3.63, 3.8) is 0 Å². The van der Waals surface area contributed by atoms with E-state index in [0.29, 0.717) is 4.57 Å². The van der Waals surface area contributed by atoms with E-state index in [9.17, 15) is 22.8 Å². The van der Waals surface area contributed by atoms with Crippen LogP contribution in [0.3, 0.4) is 0 Å². The fraction of sp³-hybridized carbons (Fsp3) is 0.375. The van der Waals surface area contributed by atoms with Gasteiger partial charge in [0, 0.05) is 14.1 Å². The van der Waals surface area contributed by atoms with Crippen LogP contribution in [0, 0.1) is 0 Å². The zero-order valence-corrected chi connectivity index (χ0v) is 8.82. The summed E-state index contributed by atoms with van der Waals surface area (Å²) in [5, 5.41) is 0. The lowest BCUT2D eigenvalue weighted by Crippen LogP contribution is -2.45. The number of rotatable bonds is 0. The van der Waals surface area contributed by atoms with Crippen LogP contribution in [0.5, 0.6) is 0 Å². The molecular formula is C8H7F3N4O2. The highest BCUT2D eigenvalue weighted by atomic mass is 19.4. The number of hydrogen-bond donors (Lipinski definition) is 0. The van der Waals surface area contributed by atoms with Crippen LogP contribution in [0.2, 0.25) is 0 Å². The molecule has 0 radical (unpaired) electrons. The van der Waals surface area contributed by atoms with Crippen LogP contribution in [0.1, 0.15) is 0 Å². The number of alkyl halides is 3. The Morgan fingerprint density at radius 2 is 1.82 bits per heavy atom. The third-order valence-corrected chi connectivity index (χ3v) is 2.37. The normalized spacial score (nSPS) is 12.3. The average molecular weight is 248 g/mol. The van der Waals surface area contributed by atoms with E-state index in [4.69, 9.17) is 0 Å². The number of halogens is 3. The molecule has 0 atom stereocenters. The molecule has 0 fully saturated rings. The van der Waals surface area contributed by atoms with Crippen LogP contribution in [0.15, 0.2) is 15.9 Å². The Labute approximate surface area is 91.5 Å².